The van der Waals surface area contributed by atoms with E-state index in [2.05, 4.69) is 50.4 Å². The van der Waals surface area contributed by atoms with Gasteiger partial charge >= 0.3 is 0 Å². The van der Waals surface area contributed by atoms with Crippen LogP contribution in [-0.4, -0.2) is 12.6 Å². The molecule has 1 aliphatic carbocycles. The molecule has 100 valence electrons. The number of hydrogen-bond acceptors (Lipinski definition) is 1. The molecule has 1 aromatic rings. The molecule has 1 nitrogen and oxygen atoms in total. The Morgan fingerprint density at radius 1 is 1.17 bits per heavy atom. The zero-order valence-electron chi connectivity index (χ0n) is 12.1. The summed E-state index contributed by atoms with van der Waals surface area (Å²) in [5, 5.41) is 3.74. The predicted octanol–water partition coefficient (Wildman–Crippen LogP) is 3.82. The molecule has 0 aromatic heterocycles. The lowest BCUT2D eigenvalue weighted by atomic mass is 9.99. The largest absolute Gasteiger partial charge is 0.313 e. The lowest BCUT2D eigenvalue weighted by Gasteiger charge is -2.18. The Balaban J connectivity index is 1.94. The summed E-state index contributed by atoms with van der Waals surface area (Å²) in [6.45, 7) is 8.00. The first-order chi connectivity index (χ1) is 8.74. The monoisotopic (exact) mass is 245 g/mol. The van der Waals surface area contributed by atoms with Crippen molar-refractivity contribution in [2.75, 3.05) is 6.54 Å². The van der Waals surface area contributed by atoms with E-state index in [1.165, 1.54) is 30.4 Å². The summed E-state index contributed by atoms with van der Waals surface area (Å²) in [7, 11) is 0. The maximum atomic E-state index is 3.74. The third-order valence-electron chi connectivity index (χ3n) is 4.23. The van der Waals surface area contributed by atoms with Gasteiger partial charge in [-0.25, -0.2) is 0 Å². The number of rotatable bonds is 7. The van der Waals surface area contributed by atoms with Crippen LogP contribution in [0.25, 0.3) is 0 Å². The van der Waals surface area contributed by atoms with Crippen molar-refractivity contribution in [1.29, 1.82) is 0 Å². The summed E-state index contributed by atoms with van der Waals surface area (Å²) in [4.78, 5) is 0. The fourth-order valence-electron chi connectivity index (χ4n) is 2.78. The van der Waals surface area contributed by atoms with Crippen LogP contribution in [0.4, 0.5) is 0 Å². The summed E-state index contributed by atoms with van der Waals surface area (Å²) in [5.74, 6) is 1.83. The van der Waals surface area contributed by atoms with Crippen LogP contribution in [0.2, 0.25) is 0 Å². The molecule has 0 radical (unpaired) electrons. The van der Waals surface area contributed by atoms with Crippen molar-refractivity contribution in [2.45, 2.75) is 52.5 Å². The van der Waals surface area contributed by atoms with Gasteiger partial charge in [-0.05, 0) is 55.2 Å². The first-order valence-electron chi connectivity index (χ1n) is 7.55. The van der Waals surface area contributed by atoms with E-state index in [0.717, 1.165) is 24.8 Å². The lowest BCUT2D eigenvalue weighted by Crippen LogP contribution is -2.34. The Morgan fingerprint density at radius 2 is 1.78 bits per heavy atom. The minimum absolute atomic E-state index is 0.687. The second kappa shape index (κ2) is 6.38. The minimum Gasteiger partial charge on any atom is -0.313 e. The van der Waals surface area contributed by atoms with Crippen molar-refractivity contribution in [1.82, 2.24) is 5.32 Å². The summed E-state index contributed by atoms with van der Waals surface area (Å²) >= 11 is 0. The van der Waals surface area contributed by atoms with Gasteiger partial charge in [-0.3, -0.25) is 0 Å². The van der Waals surface area contributed by atoms with Crippen LogP contribution in [0, 0.1) is 11.8 Å². The SMILES string of the molecule is CCCNC(Cc1ccc(CC)cc1)C1CC1C. The highest BCUT2D eigenvalue weighted by Crippen LogP contribution is 2.41. The zero-order valence-corrected chi connectivity index (χ0v) is 12.1. The molecule has 1 aromatic carbocycles. The standard InChI is InChI=1S/C17H27N/c1-4-10-18-17(16-11-13(16)3)12-15-8-6-14(5-2)7-9-15/h6-9,13,16-18H,4-5,10-12H2,1-3H3. The molecule has 18 heavy (non-hydrogen) atoms. The van der Waals surface area contributed by atoms with E-state index in [4.69, 9.17) is 0 Å². The Labute approximate surface area is 112 Å². The fraction of sp³-hybridized carbons (Fsp3) is 0.647. The van der Waals surface area contributed by atoms with Crippen molar-refractivity contribution in [3.63, 3.8) is 0 Å². The van der Waals surface area contributed by atoms with Crippen LogP contribution in [0.15, 0.2) is 24.3 Å². The van der Waals surface area contributed by atoms with E-state index < -0.39 is 0 Å². The molecule has 0 bridgehead atoms. The van der Waals surface area contributed by atoms with Gasteiger partial charge in [0, 0.05) is 6.04 Å². The van der Waals surface area contributed by atoms with Gasteiger partial charge in [0.05, 0.1) is 0 Å². The first kappa shape index (κ1) is 13.6. The molecule has 1 N–H and O–H groups in total. The van der Waals surface area contributed by atoms with Gasteiger partial charge in [0.1, 0.15) is 0 Å². The van der Waals surface area contributed by atoms with Gasteiger partial charge in [-0.1, -0.05) is 45.0 Å². The lowest BCUT2D eigenvalue weighted by molar-refractivity contribution is 0.443. The van der Waals surface area contributed by atoms with Crippen LogP contribution in [-0.2, 0) is 12.8 Å². The number of aryl methyl sites for hydroxylation is 1. The molecule has 0 saturated heterocycles. The van der Waals surface area contributed by atoms with Gasteiger partial charge in [0.25, 0.3) is 0 Å². The Bertz CT molecular complexity index is 354. The van der Waals surface area contributed by atoms with Crippen LogP contribution < -0.4 is 5.32 Å². The van der Waals surface area contributed by atoms with Crippen LogP contribution >= 0.6 is 0 Å². The van der Waals surface area contributed by atoms with E-state index in [0.29, 0.717) is 6.04 Å². The van der Waals surface area contributed by atoms with Gasteiger partial charge in [-0.2, -0.15) is 0 Å². The van der Waals surface area contributed by atoms with Crippen LogP contribution in [0.3, 0.4) is 0 Å². The fourth-order valence-corrected chi connectivity index (χ4v) is 2.78. The second-order valence-corrected chi connectivity index (χ2v) is 5.81. The summed E-state index contributed by atoms with van der Waals surface area (Å²) in [6, 6.07) is 9.87. The van der Waals surface area contributed by atoms with Crippen molar-refractivity contribution >= 4 is 0 Å². The molecule has 1 fully saturated rings. The molecule has 0 amide bonds. The van der Waals surface area contributed by atoms with E-state index in [-0.39, 0.29) is 0 Å². The second-order valence-electron chi connectivity index (χ2n) is 5.81. The third-order valence-corrected chi connectivity index (χ3v) is 4.23. The number of nitrogens with one attached hydrogen (secondary N) is 1. The summed E-state index contributed by atoms with van der Waals surface area (Å²) in [5.41, 5.74) is 2.93. The molecule has 2 rings (SSSR count). The Hall–Kier alpha value is -0.820. The molecule has 3 atom stereocenters. The average Bonchev–Trinajstić information content (AvgIpc) is 3.12. The van der Waals surface area contributed by atoms with E-state index in [1.54, 1.807) is 0 Å². The Morgan fingerprint density at radius 3 is 2.28 bits per heavy atom. The zero-order chi connectivity index (χ0) is 13.0. The molecule has 1 aliphatic rings. The Kier molecular flexibility index (Phi) is 4.82. The molecule has 0 aliphatic heterocycles. The summed E-state index contributed by atoms with van der Waals surface area (Å²) in [6.07, 6.45) is 4.97. The van der Waals surface area contributed by atoms with E-state index >= 15 is 0 Å². The van der Waals surface area contributed by atoms with Crippen molar-refractivity contribution < 1.29 is 0 Å². The molecule has 0 spiro atoms. The smallest absolute Gasteiger partial charge is 0.0138 e. The molecular formula is C17H27N. The minimum atomic E-state index is 0.687. The van der Waals surface area contributed by atoms with E-state index in [1.807, 2.05) is 0 Å². The van der Waals surface area contributed by atoms with Crippen molar-refractivity contribution in [2.24, 2.45) is 11.8 Å². The van der Waals surface area contributed by atoms with Crippen molar-refractivity contribution in [3.05, 3.63) is 35.4 Å². The van der Waals surface area contributed by atoms with Gasteiger partial charge in [0.2, 0.25) is 0 Å². The predicted molar refractivity (Wildman–Crippen MR) is 78.9 cm³/mol. The quantitative estimate of drug-likeness (QED) is 0.770. The summed E-state index contributed by atoms with van der Waals surface area (Å²) < 4.78 is 0. The highest BCUT2D eigenvalue weighted by molar-refractivity contribution is 5.23. The van der Waals surface area contributed by atoms with Gasteiger partial charge < -0.3 is 5.32 Å². The topological polar surface area (TPSA) is 12.0 Å². The molecular weight excluding hydrogens is 218 g/mol. The van der Waals surface area contributed by atoms with Gasteiger partial charge in [0.15, 0.2) is 0 Å². The van der Waals surface area contributed by atoms with Crippen molar-refractivity contribution in [3.8, 4) is 0 Å². The molecule has 1 heteroatoms. The molecule has 1 saturated carbocycles. The average molecular weight is 245 g/mol. The highest BCUT2D eigenvalue weighted by atomic mass is 14.9. The van der Waals surface area contributed by atoms with Crippen LogP contribution in [0.5, 0.6) is 0 Å². The van der Waals surface area contributed by atoms with E-state index in [9.17, 15) is 0 Å². The van der Waals surface area contributed by atoms with Gasteiger partial charge in [-0.15, -0.1) is 0 Å². The molecule has 3 unspecified atom stereocenters. The maximum Gasteiger partial charge on any atom is 0.0138 e. The highest BCUT2D eigenvalue weighted by Gasteiger charge is 2.38. The third kappa shape index (κ3) is 3.58. The molecule has 0 heterocycles. The normalized spacial score (nSPS) is 23.9. The number of benzene rings is 1. The number of hydrogen-bond donors (Lipinski definition) is 1. The van der Waals surface area contributed by atoms with Crippen LogP contribution in [0.1, 0.15) is 44.7 Å². The first-order valence-corrected chi connectivity index (χ1v) is 7.55. The maximum absolute atomic E-state index is 3.74.